The molecule has 0 radical (unpaired) electrons. The normalized spacial score (nSPS) is 12.5. The van der Waals surface area contributed by atoms with E-state index in [0.29, 0.717) is 19.0 Å². The van der Waals surface area contributed by atoms with Crippen molar-refractivity contribution in [3.05, 3.63) is 29.6 Å². The topological polar surface area (TPSA) is 47.3 Å². The van der Waals surface area contributed by atoms with E-state index in [1.54, 1.807) is 6.07 Å². The molecule has 0 heterocycles. The Morgan fingerprint density at radius 1 is 1.47 bits per heavy atom. The van der Waals surface area contributed by atoms with Crippen molar-refractivity contribution in [3.63, 3.8) is 0 Å². The fourth-order valence-corrected chi connectivity index (χ4v) is 1.67. The SMILES string of the molecule is COc1ccc(CNCC(C)CCN)cc1F. The van der Waals surface area contributed by atoms with E-state index < -0.39 is 0 Å². The van der Waals surface area contributed by atoms with Gasteiger partial charge in [-0.1, -0.05) is 13.0 Å². The van der Waals surface area contributed by atoms with Crippen molar-refractivity contribution < 1.29 is 9.13 Å². The molecule has 1 aromatic carbocycles. The molecule has 17 heavy (non-hydrogen) atoms. The molecule has 0 amide bonds. The summed E-state index contributed by atoms with van der Waals surface area (Å²) in [5.74, 6) is 0.509. The summed E-state index contributed by atoms with van der Waals surface area (Å²) in [6.07, 6.45) is 1.00. The van der Waals surface area contributed by atoms with E-state index >= 15 is 0 Å². The van der Waals surface area contributed by atoms with Crippen molar-refractivity contribution >= 4 is 0 Å². The first-order valence-corrected chi connectivity index (χ1v) is 5.90. The standard InChI is InChI=1S/C13H21FN2O/c1-10(5-6-15)8-16-9-11-3-4-13(17-2)12(14)7-11/h3-4,7,10,16H,5-6,8-9,15H2,1-2H3. The van der Waals surface area contributed by atoms with Crippen LogP contribution in [-0.4, -0.2) is 20.2 Å². The molecule has 0 aliphatic heterocycles. The molecular formula is C13H21FN2O. The lowest BCUT2D eigenvalue weighted by molar-refractivity contribution is 0.386. The number of methoxy groups -OCH3 is 1. The summed E-state index contributed by atoms with van der Waals surface area (Å²) in [6, 6.07) is 5.01. The molecule has 0 spiro atoms. The third kappa shape index (κ3) is 4.71. The van der Waals surface area contributed by atoms with E-state index in [1.807, 2.05) is 6.07 Å². The highest BCUT2D eigenvalue weighted by Gasteiger charge is 2.04. The van der Waals surface area contributed by atoms with Gasteiger partial charge in [0.05, 0.1) is 7.11 Å². The second kappa shape index (κ2) is 7.25. The molecule has 3 nitrogen and oxygen atoms in total. The van der Waals surface area contributed by atoms with Crippen LogP contribution in [0.4, 0.5) is 4.39 Å². The molecule has 0 bridgehead atoms. The fraction of sp³-hybridized carbons (Fsp3) is 0.538. The van der Waals surface area contributed by atoms with E-state index in [9.17, 15) is 4.39 Å². The van der Waals surface area contributed by atoms with Gasteiger partial charge >= 0.3 is 0 Å². The van der Waals surface area contributed by atoms with Crippen molar-refractivity contribution in [1.29, 1.82) is 0 Å². The van der Waals surface area contributed by atoms with Crippen LogP contribution in [-0.2, 0) is 6.54 Å². The van der Waals surface area contributed by atoms with Crippen molar-refractivity contribution in [1.82, 2.24) is 5.32 Å². The minimum Gasteiger partial charge on any atom is -0.494 e. The molecule has 96 valence electrons. The third-order valence-corrected chi connectivity index (χ3v) is 2.70. The minimum absolute atomic E-state index is 0.283. The summed E-state index contributed by atoms with van der Waals surface area (Å²) < 4.78 is 18.3. The summed E-state index contributed by atoms with van der Waals surface area (Å²) in [7, 11) is 1.46. The lowest BCUT2D eigenvalue weighted by Crippen LogP contribution is -2.22. The van der Waals surface area contributed by atoms with Crippen LogP contribution in [0.15, 0.2) is 18.2 Å². The second-order valence-electron chi connectivity index (χ2n) is 4.28. The Balaban J connectivity index is 2.39. The lowest BCUT2D eigenvalue weighted by Gasteiger charge is -2.11. The Bertz CT molecular complexity index is 344. The summed E-state index contributed by atoms with van der Waals surface area (Å²) in [5, 5.41) is 3.29. The zero-order valence-electron chi connectivity index (χ0n) is 10.5. The number of nitrogens with two attached hydrogens (primary N) is 1. The van der Waals surface area contributed by atoms with Gasteiger partial charge in [0.2, 0.25) is 0 Å². The Morgan fingerprint density at radius 3 is 2.82 bits per heavy atom. The molecule has 4 heteroatoms. The monoisotopic (exact) mass is 240 g/mol. The predicted molar refractivity (Wildman–Crippen MR) is 67.5 cm³/mol. The maximum absolute atomic E-state index is 13.4. The van der Waals surface area contributed by atoms with Gasteiger partial charge in [0, 0.05) is 6.54 Å². The van der Waals surface area contributed by atoms with Crippen LogP contribution < -0.4 is 15.8 Å². The molecular weight excluding hydrogens is 219 g/mol. The molecule has 1 unspecified atom stereocenters. The van der Waals surface area contributed by atoms with Gasteiger partial charge in [-0.2, -0.15) is 0 Å². The second-order valence-corrected chi connectivity index (χ2v) is 4.28. The highest BCUT2D eigenvalue weighted by molar-refractivity contribution is 5.29. The van der Waals surface area contributed by atoms with Gasteiger partial charge < -0.3 is 15.8 Å². The van der Waals surface area contributed by atoms with Crippen LogP contribution >= 0.6 is 0 Å². The number of rotatable bonds is 7. The Hall–Kier alpha value is -1.13. The van der Waals surface area contributed by atoms with Crippen LogP contribution in [0.1, 0.15) is 18.9 Å². The predicted octanol–water partition coefficient (Wildman–Crippen LogP) is 1.91. The van der Waals surface area contributed by atoms with Crippen LogP contribution in [0, 0.1) is 11.7 Å². The molecule has 1 rings (SSSR count). The maximum atomic E-state index is 13.4. The number of benzene rings is 1. The maximum Gasteiger partial charge on any atom is 0.165 e. The van der Waals surface area contributed by atoms with Gasteiger partial charge in [0.25, 0.3) is 0 Å². The molecule has 0 fully saturated rings. The van der Waals surface area contributed by atoms with Gasteiger partial charge in [-0.3, -0.25) is 0 Å². The van der Waals surface area contributed by atoms with E-state index in [0.717, 1.165) is 18.5 Å². The zero-order valence-corrected chi connectivity index (χ0v) is 10.5. The molecule has 0 saturated carbocycles. The number of hydrogen-bond donors (Lipinski definition) is 2. The van der Waals surface area contributed by atoms with Crippen molar-refractivity contribution in [2.24, 2.45) is 11.7 Å². The molecule has 1 aromatic rings. The molecule has 0 aromatic heterocycles. The zero-order chi connectivity index (χ0) is 12.7. The first kappa shape index (κ1) is 13.9. The van der Waals surface area contributed by atoms with Gasteiger partial charge in [0.15, 0.2) is 11.6 Å². The Morgan fingerprint density at radius 2 is 2.24 bits per heavy atom. The van der Waals surface area contributed by atoms with Crippen LogP contribution in [0.3, 0.4) is 0 Å². The Kier molecular flexibility index (Phi) is 5.94. The summed E-state index contributed by atoms with van der Waals surface area (Å²) >= 11 is 0. The minimum atomic E-state index is -0.318. The number of ether oxygens (including phenoxy) is 1. The third-order valence-electron chi connectivity index (χ3n) is 2.70. The smallest absolute Gasteiger partial charge is 0.165 e. The first-order valence-electron chi connectivity index (χ1n) is 5.90. The Labute approximate surface area is 102 Å². The van der Waals surface area contributed by atoms with Crippen molar-refractivity contribution in [2.75, 3.05) is 20.2 Å². The van der Waals surface area contributed by atoms with E-state index in [4.69, 9.17) is 10.5 Å². The highest BCUT2D eigenvalue weighted by Crippen LogP contribution is 2.17. The van der Waals surface area contributed by atoms with Crippen molar-refractivity contribution in [2.45, 2.75) is 19.9 Å². The number of halogens is 1. The van der Waals surface area contributed by atoms with Crippen LogP contribution in [0.5, 0.6) is 5.75 Å². The molecule has 3 N–H and O–H groups in total. The number of nitrogens with one attached hydrogen (secondary N) is 1. The van der Waals surface area contributed by atoms with E-state index in [1.165, 1.54) is 13.2 Å². The van der Waals surface area contributed by atoms with E-state index in [-0.39, 0.29) is 11.6 Å². The quantitative estimate of drug-likeness (QED) is 0.765. The largest absolute Gasteiger partial charge is 0.494 e. The lowest BCUT2D eigenvalue weighted by atomic mass is 10.1. The van der Waals surface area contributed by atoms with Gasteiger partial charge in [-0.15, -0.1) is 0 Å². The molecule has 0 aliphatic carbocycles. The van der Waals surface area contributed by atoms with Gasteiger partial charge in [0.1, 0.15) is 0 Å². The van der Waals surface area contributed by atoms with E-state index in [2.05, 4.69) is 12.2 Å². The summed E-state index contributed by atoms with van der Waals surface area (Å²) in [6.45, 7) is 4.41. The highest BCUT2D eigenvalue weighted by atomic mass is 19.1. The van der Waals surface area contributed by atoms with Crippen LogP contribution in [0.25, 0.3) is 0 Å². The average molecular weight is 240 g/mol. The van der Waals surface area contributed by atoms with Gasteiger partial charge in [-0.05, 0) is 43.1 Å². The molecule has 0 aliphatic rings. The molecule has 0 saturated heterocycles. The number of hydrogen-bond acceptors (Lipinski definition) is 3. The van der Waals surface area contributed by atoms with Gasteiger partial charge in [-0.25, -0.2) is 4.39 Å². The fourth-order valence-electron chi connectivity index (χ4n) is 1.67. The average Bonchev–Trinajstić information content (AvgIpc) is 2.29. The van der Waals surface area contributed by atoms with Crippen molar-refractivity contribution in [3.8, 4) is 5.75 Å². The van der Waals surface area contributed by atoms with Crippen LogP contribution in [0.2, 0.25) is 0 Å². The summed E-state index contributed by atoms with van der Waals surface area (Å²) in [4.78, 5) is 0. The summed E-state index contributed by atoms with van der Waals surface area (Å²) in [5.41, 5.74) is 6.39. The molecule has 1 atom stereocenters. The first-order chi connectivity index (χ1) is 8.17.